The lowest BCUT2D eigenvalue weighted by Crippen LogP contribution is -2.37. The number of likely N-dealkylation sites (tertiary alicyclic amines) is 1. The first-order valence-electron chi connectivity index (χ1n) is 13.7. The molecular weight excluding hydrogens is 557 g/mol. The van der Waals surface area contributed by atoms with Crippen LogP contribution in [0.25, 0.3) is 0 Å². The molecule has 2 aliphatic carbocycles. The molecule has 224 valence electrons. The standard InChI is InChI=1S/C24H21F5N4O2.C6H11N/c1-13(15-3-2-4-17(20(15)25)24(28,29)14-5-9-31-10-6-14)32-21(35)16-12-33(19(34)11-18(16)30)23(7-8-23)22(26)27;1-7-3-5-2-6(5)4-7/h2-6,9-13,22H,7-8,30H2,1H3,(H,32,35);5-6H,2-4H2,1H3. The van der Waals surface area contributed by atoms with Gasteiger partial charge in [-0.3, -0.25) is 14.6 Å². The van der Waals surface area contributed by atoms with Crippen molar-refractivity contribution in [2.24, 2.45) is 11.8 Å². The second kappa shape index (κ2) is 11.1. The maximum Gasteiger partial charge on any atom is 0.301 e. The third-order valence-corrected chi connectivity index (χ3v) is 8.36. The Kier molecular flexibility index (Phi) is 7.86. The zero-order valence-electron chi connectivity index (χ0n) is 23.2. The van der Waals surface area contributed by atoms with Gasteiger partial charge in [-0.25, -0.2) is 13.2 Å². The quantitative estimate of drug-likeness (QED) is 0.382. The summed E-state index contributed by atoms with van der Waals surface area (Å²) >= 11 is 0. The zero-order valence-corrected chi connectivity index (χ0v) is 23.2. The normalized spacial score (nSPS) is 21.2. The van der Waals surface area contributed by atoms with E-state index in [-0.39, 0.29) is 29.7 Å². The van der Waals surface area contributed by atoms with Gasteiger partial charge in [-0.1, -0.05) is 12.1 Å². The third-order valence-electron chi connectivity index (χ3n) is 8.36. The van der Waals surface area contributed by atoms with E-state index in [0.717, 1.165) is 59.3 Å². The van der Waals surface area contributed by atoms with Gasteiger partial charge in [0.25, 0.3) is 17.9 Å². The molecule has 0 bridgehead atoms. The average Bonchev–Trinajstić information content (AvgIpc) is 3.86. The topological polar surface area (TPSA) is 93.2 Å². The number of pyridine rings is 2. The molecule has 3 unspecified atom stereocenters. The van der Waals surface area contributed by atoms with Crippen LogP contribution in [0.5, 0.6) is 0 Å². The number of hydrogen-bond acceptors (Lipinski definition) is 5. The molecular formula is C30H32F5N5O2. The fourth-order valence-electron chi connectivity index (χ4n) is 5.61. The van der Waals surface area contributed by atoms with Crippen LogP contribution >= 0.6 is 0 Å². The molecule has 1 saturated heterocycles. The molecule has 3 fully saturated rings. The first-order valence-corrected chi connectivity index (χ1v) is 13.7. The summed E-state index contributed by atoms with van der Waals surface area (Å²) in [5.41, 5.74) is 1.24. The van der Waals surface area contributed by atoms with Gasteiger partial charge in [0.2, 0.25) is 0 Å². The molecule has 3 atom stereocenters. The minimum Gasteiger partial charge on any atom is -0.398 e. The van der Waals surface area contributed by atoms with E-state index >= 15 is 4.39 Å². The van der Waals surface area contributed by atoms with Gasteiger partial charge in [0.05, 0.1) is 22.9 Å². The van der Waals surface area contributed by atoms with E-state index < -0.39 is 52.3 Å². The molecule has 3 heterocycles. The van der Waals surface area contributed by atoms with Gasteiger partial charge in [0.1, 0.15) is 11.4 Å². The lowest BCUT2D eigenvalue weighted by atomic mass is 9.96. The summed E-state index contributed by atoms with van der Waals surface area (Å²) < 4.78 is 73.0. The number of carbonyl (C=O) groups excluding carboxylic acids is 1. The number of carbonyl (C=O) groups is 1. The van der Waals surface area contributed by atoms with Crippen LogP contribution in [0, 0.1) is 17.7 Å². The summed E-state index contributed by atoms with van der Waals surface area (Å²) in [6.07, 6.45) is 2.13. The predicted octanol–water partition coefficient (Wildman–Crippen LogP) is 4.92. The molecule has 0 spiro atoms. The number of aromatic nitrogens is 2. The minimum absolute atomic E-state index is 0.0651. The van der Waals surface area contributed by atoms with Crippen molar-refractivity contribution >= 4 is 11.6 Å². The lowest BCUT2D eigenvalue weighted by Gasteiger charge is -2.22. The number of nitrogen functional groups attached to an aromatic ring is 1. The van der Waals surface area contributed by atoms with Gasteiger partial charge >= 0.3 is 5.92 Å². The fourth-order valence-corrected chi connectivity index (χ4v) is 5.61. The van der Waals surface area contributed by atoms with Crippen molar-refractivity contribution in [3.63, 3.8) is 0 Å². The Morgan fingerprint density at radius 3 is 2.33 bits per heavy atom. The fraction of sp³-hybridized carbons (Fsp3) is 0.433. The Hall–Kier alpha value is -3.80. The van der Waals surface area contributed by atoms with Crippen LogP contribution in [0.2, 0.25) is 0 Å². The summed E-state index contributed by atoms with van der Waals surface area (Å²) in [7, 11) is 2.21. The molecule has 42 heavy (non-hydrogen) atoms. The highest BCUT2D eigenvalue weighted by atomic mass is 19.3. The predicted molar refractivity (Wildman–Crippen MR) is 147 cm³/mol. The van der Waals surface area contributed by atoms with Crippen LogP contribution in [0.3, 0.4) is 0 Å². The number of nitrogens with one attached hydrogen (secondary N) is 1. The smallest absolute Gasteiger partial charge is 0.301 e. The summed E-state index contributed by atoms with van der Waals surface area (Å²) in [4.78, 5) is 31.2. The summed E-state index contributed by atoms with van der Waals surface area (Å²) in [6.45, 7) is 4.13. The Labute approximate surface area is 239 Å². The Morgan fingerprint density at radius 1 is 1.14 bits per heavy atom. The van der Waals surface area contributed by atoms with Crippen LogP contribution in [0.15, 0.2) is 59.8 Å². The number of hydrogen-bond donors (Lipinski definition) is 2. The summed E-state index contributed by atoms with van der Waals surface area (Å²) in [6, 6.07) is 5.34. The van der Waals surface area contributed by atoms with E-state index in [1.807, 2.05) is 0 Å². The second-order valence-electron chi connectivity index (χ2n) is 11.4. The van der Waals surface area contributed by atoms with Crippen LogP contribution in [-0.4, -0.2) is 46.9 Å². The third kappa shape index (κ3) is 5.64. The van der Waals surface area contributed by atoms with Gasteiger partial charge in [-0.05, 0) is 63.3 Å². The number of piperidine rings is 1. The molecule has 0 radical (unpaired) electrons. The number of rotatable bonds is 7. The van der Waals surface area contributed by atoms with Crippen molar-refractivity contribution in [3.05, 3.63) is 93.4 Å². The first kappa shape index (κ1) is 29.7. The van der Waals surface area contributed by atoms with Crippen LogP contribution < -0.4 is 16.6 Å². The van der Waals surface area contributed by atoms with Gasteiger partial charge in [-0.15, -0.1) is 0 Å². The molecule has 3 N–H and O–H groups in total. The van der Waals surface area contributed by atoms with E-state index in [2.05, 4.69) is 22.2 Å². The molecule has 1 aromatic carbocycles. The Morgan fingerprint density at radius 2 is 1.79 bits per heavy atom. The van der Waals surface area contributed by atoms with Crippen LogP contribution in [0.4, 0.5) is 27.6 Å². The number of nitrogens with two attached hydrogens (primary N) is 1. The molecule has 2 saturated carbocycles. The second-order valence-corrected chi connectivity index (χ2v) is 11.4. The van der Waals surface area contributed by atoms with E-state index in [1.165, 1.54) is 38.6 Å². The number of amides is 1. The number of anilines is 1. The van der Waals surface area contributed by atoms with E-state index in [9.17, 15) is 27.2 Å². The number of benzene rings is 1. The highest BCUT2D eigenvalue weighted by Crippen LogP contribution is 2.48. The van der Waals surface area contributed by atoms with Crippen molar-refractivity contribution in [2.75, 3.05) is 25.9 Å². The van der Waals surface area contributed by atoms with Crippen LogP contribution in [0.1, 0.15) is 59.3 Å². The minimum atomic E-state index is -3.67. The SMILES string of the molecule is CC(NC(=O)c1cn(C2(C(F)F)CC2)c(=O)cc1N)c1cccc(C(F)(F)c2ccncc2)c1F.CN1CC2CC2C1. The molecule has 2 aromatic heterocycles. The molecule has 3 aromatic rings. The van der Waals surface area contributed by atoms with Gasteiger partial charge < -0.3 is 20.5 Å². The van der Waals surface area contributed by atoms with Gasteiger partial charge in [-0.2, -0.15) is 8.78 Å². The maximum absolute atomic E-state index is 15.2. The van der Waals surface area contributed by atoms with E-state index in [4.69, 9.17) is 5.73 Å². The maximum atomic E-state index is 15.2. The summed E-state index contributed by atoms with van der Waals surface area (Å²) in [5.74, 6) is -3.52. The molecule has 7 nitrogen and oxygen atoms in total. The zero-order chi connectivity index (χ0) is 30.4. The lowest BCUT2D eigenvalue weighted by molar-refractivity contribution is 0.0385. The molecule has 1 aliphatic heterocycles. The number of nitrogens with zero attached hydrogens (tertiary/aromatic N) is 3. The molecule has 3 aliphatic rings. The largest absolute Gasteiger partial charge is 0.398 e. The highest BCUT2D eigenvalue weighted by Gasteiger charge is 2.53. The molecule has 6 rings (SSSR count). The van der Waals surface area contributed by atoms with Crippen molar-refractivity contribution in [1.82, 2.24) is 19.8 Å². The summed E-state index contributed by atoms with van der Waals surface area (Å²) in [5, 5.41) is 2.44. The van der Waals surface area contributed by atoms with Crippen molar-refractivity contribution in [1.29, 1.82) is 0 Å². The first-order chi connectivity index (χ1) is 19.8. The van der Waals surface area contributed by atoms with Crippen molar-refractivity contribution in [3.8, 4) is 0 Å². The van der Waals surface area contributed by atoms with Gasteiger partial charge in [0, 0.05) is 48.9 Å². The van der Waals surface area contributed by atoms with E-state index in [1.54, 1.807) is 0 Å². The monoisotopic (exact) mass is 589 g/mol. The van der Waals surface area contributed by atoms with Crippen molar-refractivity contribution in [2.45, 2.75) is 50.1 Å². The number of halogens is 5. The average molecular weight is 590 g/mol. The van der Waals surface area contributed by atoms with E-state index in [0.29, 0.717) is 0 Å². The molecule has 12 heteroatoms. The van der Waals surface area contributed by atoms with Crippen molar-refractivity contribution < 1.29 is 26.7 Å². The Bertz CT molecular complexity index is 1520. The molecule has 1 amide bonds. The Balaban J connectivity index is 0.000000434. The highest BCUT2D eigenvalue weighted by molar-refractivity contribution is 5.99. The number of alkyl halides is 4. The van der Waals surface area contributed by atoms with Gasteiger partial charge in [0.15, 0.2) is 0 Å². The van der Waals surface area contributed by atoms with Crippen LogP contribution in [-0.2, 0) is 11.5 Å². The number of fused-ring (bicyclic) bond motifs is 1.